The molecule has 0 aliphatic heterocycles. The Morgan fingerprint density at radius 2 is 2.60 bits per heavy atom. The molecule has 0 aliphatic rings. The molecular weight excluding hydrogens is 132 g/mol. The highest BCUT2D eigenvalue weighted by atomic mass is 16.4. The van der Waals surface area contributed by atoms with Gasteiger partial charge in [0, 0.05) is 11.9 Å². The number of H-pyrrole nitrogens is 1. The number of nitrogens with zero attached hydrogens (tertiary/aromatic N) is 1. The van der Waals surface area contributed by atoms with Crippen molar-refractivity contribution in [2.45, 2.75) is 13.3 Å². The van der Waals surface area contributed by atoms with Crippen molar-refractivity contribution in [3.63, 3.8) is 0 Å². The van der Waals surface area contributed by atoms with Crippen molar-refractivity contribution in [2.24, 2.45) is 0 Å². The smallest absolute Gasteiger partial charge is 0.311 e. The molecule has 0 aliphatic carbocycles. The summed E-state index contributed by atoms with van der Waals surface area (Å²) in [5, 5.41) is 8.32. The molecule has 0 radical (unpaired) electrons. The van der Waals surface area contributed by atoms with Crippen LogP contribution in [0.2, 0.25) is 0 Å². The number of hydrogen-bond donors (Lipinski definition) is 2. The molecule has 0 spiro atoms. The fourth-order valence-corrected chi connectivity index (χ4v) is 0.700. The molecule has 1 aromatic rings. The molecule has 2 N–H and O–H groups in total. The summed E-state index contributed by atoms with van der Waals surface area (Å²) in [4.78, 5) is 16.8. The minimum Gasteiger partial charge on any atom is -0.481 e. The maximum absolute atomic E-state index is 10.1. The molecule has 54 valence electrons. The van der Waals surface area contributed by atoms with E-state index in [2.05, 4.69) is 9.97 Å². The Bertz CT molecular complexity index is 242. The molecular formula is C6H8N2O2. The van der Waals surface area contributed by atoms with Crippen LogP contribution in [0.5, 0.6) is 0 Å². The molecule has 1 rings (SSSR count). The highest BCUT2D eigenvalue weighted by Gasteiger charge is 2.01. The quantitative estimate of drug-likeness (QED) is 0.622. The Hall–Kier alpha value is -1.32. The molecule has 0 atom stereocenters. The summed E-state index contributed by atoms with van der Waals surface area (Å²) in [5.74, 6) is -0.362. The van der Waals surface area contributed by atoms with Crippen LogP contribution in [0.1, 0.15) is 11.5 Å². The van der Waals surface area contributed by atoms with Crippen LogP contribution in [0.15, 0.2) is 6.20 Å². The lowest BCUT2D eigenvalue weighted by Crippen LogP contribution is -2.01. The van der Waals surface area contributed by atoms with Gasteiger partial charge in [0.05, 0.1) is 0 Å². The highest BCUT2D eigenvalue weighted by Crippen LogP contribution is 1.94. The van der Waals surface area contributed by atoms with Crippen LogP contribution in [0.25, 0.3) is 0 Å². The van der Waals surface area contributed by atoms with Crippen LogP contribution in [0.4, 0.5) is 0 Å². The fourth-order valence-electron chi connectivity index (χ4n) is 0.700. The number of hydrogen-bond acceptors (Lipinski definition) is 2. The molecule has 1 heterocycles. The van der Waals surface area contributed by atoms with Crippen molar-refractivity contribution in [3.05, 3.63) is 17.7 Å². The third-order valence-corrected chi connectivity index (χ3v) is 1.07. The Morgan fingerprint density at radius 3 is 3.00 bits per heavy atom. The molecule has 10 heavy (non-hydrogen) atoms. The van der Waals surface area contributed by atoms with E-state index in [0.29, 0.717) is 5.82 Å². The number of carboxylic acid groups (broad SMARTS) is 1. The summed E-state index contributed by atoms with van der Waals surface area (Å²) in [5.41, 5.74) is 0.885. The fraction of sp³-hybridized carbons (Fsp3) is 0.333. The summed E-state index contributed by atoms with van der Waals surface area (Å²) in [7, 11) is 0. The number of imidazole rings is 1. The lowest BCUT2D eigenvalue weighted by Gasteiger charge is -1.86. The first-order valence-electron chi connectivity index (χ1n) is 2.91. The van der Waals surface area contributed by atoms with Crippen LogP contribution in [0, 0.1) is 6.92 Å². The van der Waals surface area contributed by atoms with Crippen molar-refractivity contribution in [1.29, 1.82) is 0 Å². The van der Waals surface area contributed by atoms with E-state index in [9.17, 15) is 4.79 Å². The van der Waals surface area contributed by atoms with Gasteiger partial charge in [-0.2, -0.15) is 0 Å². The highest BCUT2D eigenvalue weighted by molar-refractivity contribution is 5.68. The third-order valence-electron chi connectivity index (χ3n) is 1.07. The van der Waals surface area contributed by atoms with Crippen LogP contribution >= 0.6 is 0 Å². The first-order valence-corrected chi connectivity index (χ1v) is 2.91. The van der Waals surface area contributed by atoms with Gasteiger partial charge >= 0.3 is 5.97 Å². The third kappa shape index (κ3) is 1.58. The number of aromatic amines is 1. The van der Waals surface area contributed by atoms with E-state index in [4.69, 9.17) is 5.11 Å². The average Bonchev–Trinajstić information content (AvgIpc) is 2.13. The number of carbonyl (C=O) groups is 1. The average molecular weight is 140 g/mol. The minimum absolute atomic E-state index is 0.0339. The summed E-state index contributed by atoms with van der Waals surface area (Å²) in [6.45, 7) is 1.83. The SMILES string of the molecule is Cc1cnc(CC(=O)O)[nH]1. The van der Waals surface area contributed by atoms with E-state index in [1.807, 2.05) is 6.92 Å². The molecule has 4 heteroatoms. The number of aryl methyl sites for hydroxylation is 1. The molecule has 4 nitrogen and oxygen atoms in total. The van der Waals surface area contributed by atoms with Gasteiger partial charge in [-0.25, -0.2) is 4.98 Å². The van der Waals surface area contributed by atoms with E-state index in [0.717, 1.165) is 5.69 Å². The van der Waals surface area contributed by atoms with E-state index >= 15 is 0 Å². The molecule has 1 aromatic heterocycles. The second-order valence-electron chi connectivity index (χ2n) is 2.08. The molecule has 0 unspecified atom stereocenters. The predicted octanol–water partition coefficient (Wildman–Crippen LogP) is 0.345. The van der Waals surface area contributed by atoms with Crippen molar-refractivity contribution in [2.75, 3.05) is 0 Å². The van der Waals surface area contributed by atoms with Gasteiger partial charge in [0.1, 0.15) is 12.2 Å². The van der Waals surface area contributed by atoms with Gasteiger partial charge in [-0.1, -0.05) is 0 Å². The van der Waals surface area contributed by atoms with E-state index in [-0.39, 0.29) is 6.42 Å². The van der Waals surface area contributed by atoms with Gasteiger partial charge in [0.15, 0.2) is 0 Å². The second kappa shape index (κ2) is 2.51. The first kappa shape index (κ1) is 6.80. The zero-order valence-corrected chi connectivity index (χ0v) is 5.59. The number of nitrogens with one attached hydrogen (secondary N) is 1. The van der Waals surface area contributed by atoms with Gasteiger partial charge in [0.2, 0.25) is 0 Å². The van der Waals surface area contributed by atoms with Crippen molar-refractivity contribution in [1.82, 2.24) is 9.97 Å². The standard InChI is InChI=1S/C6H8N2O2/c1-4-3-7-5(8-4)2-6(9)10/h3H,2H2,1H3,(H,7,8)(H,9,10). The lowest BCUT2D eigenvalue weighted by atomic mass is 10.4. The van der Waals surface area contributed by atoms with Crippen molar-refractivity contribution >= 4 is 5.97 Å². The summed E-state index contributed by atoms with van der Waals surface area (Å²) < 4.78 is 0. The second-order valence-corrected chi connectivity index (χ2v) is 2.08. The number of aromatic nitrogens is 2. The predicted molar refractivity (Wildman–Crippen MR) is 34.7 cm³/mol. The maximum Gasteiger partial charge on any atom is 0.311 e. The minimum atomic E-state index is -0.866. The molecule has 0 amide bonds. The zero-order valence-electron chi connectivity index (χ0n) is 5.59. The van der Waals surface area contributed by atoms with E-state index in [1.54, 1.807) is 6.20 Å². The number of carboxylic acids is 1. The monoisotopic (exact) mass is 140 g/mol. The molecule has 0 bridgehead atoms. The number of rotatable bonds is 2. The Balaban J connectivity index is 2.67. The first-order chi connectivity index (χ1) is 4.68. The van der Waals surface area contributed by atoms with E-state index < -0.39 is 5.97 Å². The lowest BCUT2D eigenvalue weighted by molar-refractivity contribution is -0.136. The van der Waals surface area contributed by atoms with Gasteiger partial charge in [-0.05, 0) is 6.92 Å². The Labute approximate surface area is 57.9 Å². The zero-order chi connectivity index (χ0) is 7.56. The summed E-state index contributed by atoms with van der Waals surface area (Å²) >= 11 is 0. The van der Waals surface area contributed by atoms with Crippen LogP contribution in [0.3, 0.4) is 0 Å². The van der Waals surface area contributed by atoms with Gasteiger partial charge in [0.25, 0.3) is 0 Å². The molecule has 0 aromatic carbocycles. The Kier molecular flexibility index (Phi) is 1.71. The topological polar surface area (TPSA) is 66.0 Å². The summed E-state index contributed by atoms with van der Waals surface area (Å²) in [6.07, 6.45) is 1.58. The van der Waals surface area contributed by atoms with Crippen molar-refractivity contribution < 1.29 is 9.90 Å². The van der Waals surface area contributed by atoms with Gasteiger partial charge < -0.3 is 10.1 Å². The van der Waals surface area contributed by atoms with Crippen LogP contribution in [-0.4, -0.2) is 21.0 Å². The Morgan fingerprint density at radius 1 is 1.90 bits per heavy atom. The largest absolute Gasteiger partial charge is 0.481 e. The molecule has 0 saturated heterocycles. The molecule has 0 saturated carbocycles. The van der Waals surface area contributed by atoms with Gasteiger partial charge in [-0.15, -0.1) is 0 Å². The summed E-state index contributed by atoms with van der Waals surface area (Å²) in [6, 6.07) is 0. The maximum atomic E-state index is 10.1. The van der Waals surface area contributed by atoms with E-state index in [1.165, 1.54) is 0 Å². The van der Waals surface area contributed by atoms with Crippen LogP contribution in [-0.2, 0) is 11.2 Å². The van der Waals surface area contributed by atoms with Crippen LogP contribution < -0.4 is 0 Å². The number of aliphatic carboxylic acids is 1. The van der Waals surface area contributed by atoms with Crippen molar-refractivity contribution in [3.8, 4) is 0 Å². The molecule has 0 fully saturated rings. The van der Waals surface area contributed by atoms with Gasteiger partial charge in [-0.3, -0.25) is 4.79 Å². The normalized spacial score (nSPS) is 9.70.